The maximum atomic E-state index is 5.42. The third-order valence-electron chi connectivity index (χ3n) is 3.88. The van der Waals surface area contributed by atoms with Gasteiger partial charge >= 0.3 is 0 Å². The van der Waals surface area contributed by atoms with Gasteiger partial charge in [0.1, 0.15) is 0 Å². The van der Waals surface area contributed by atoms with E-state index in [0.717, 1.165) is 18.7 Å². The minimum Gasteiger partial charge on any atom is -0.338 e. The van der Waals surface area contributed by atoms with Gasteiger partial charge in [-0.2, -0.15) is 27.7 Å². The molecule has 0 bridgehead atoms. The summed E-state index contributed by atoms with van der Waals surface area (Å²) in [7, 11) is 0. The SMILES string of the molecule is c1cc(-c2noc(CN3CCC[C@H]3c3ccsc3)n2)cs1. The Bertz CT molecular complexity index is 690. The molecule has 1 saturated heterocycles. The van der Waals surface area contributed by atoms with Crippen molar-refractivity contribution in [2.45, 2.75) is 25.4 Å². The minimum atomic E-state index is 0.493. The van der Waals surface area contributed by atoms with E-state index in [1.807, 2.05) is 16.8 Å². The molecule has 0 amide bonds. The van der Waals surface area contributed by atoms with Crippen LogP contribution in [0.2, 0.25) is 0 Å². The monoisotopic (exact) mass is 317 g/mol. The van der Waals surface area contributed by atoms with Crippen LogP contribution in [0.25, 0.3) is 11.4 Å². The number of likely N-dealkylation sites (tertiary alicyclic amines) is 1. The fraction of sp³-hybridized carbons (Fsp3) is 0.333. The Kier molecular flexibility index (Phi) is 3.58. The molecule has 0 spiro atoms. The van der Waals surface area contributed by atoms with Crippen molar-refractivity contribution in [3.8, 4) is 11.4 Å². The van der Waals surface area contributed by atoms with Crippen LogP contribution in [-0.2, 0) is 6.54 Å². The summed E-state index contributed by atoms with van der Waals surface area (Å²) in [6.07, 6.45) is 2.44. The highest BCUT2D eigenvalue weighted by Gasteiger charge is 2.27. The van der Waals surface area contributed by atoms with E-state index >= 15 is 0 Å². The summed E-state index contributed by atoms with van der Waals surface area (Å²) in [5, 5.41) is 12.5. The molecule has 1 atom stereocenters. The quantitative estimate of drug-likeness (QED) is 0.723. The fourth-order valence-electron chi connectivity index (χ4n) is 2.86. The van der Waals surface area contributed by atoms with E-state index in [1.54, 1.807) is 22.7 Å². The molecule has 3 aromatic heterocycles. The lowest BCUT2D eigenvalue weighted by atomic mass is 10.1. The first-order chi connectivity index (χ1) is 10.4. The second-order valence-corrected chi connectivity index (χ2v) is 6.77. The van der Waals surface area contributed by atoms with E-state index in [1.165, 1.54) is 18.4 Å². The van der Waals surface area contributed by atoms with Crippen LogP contribution < -0.4 is 0 Å². The van der Waals surface area contributed by atoms with Crippen LogP contribution in [0.5, 0.6) is 0 Å². The first-order valence-electron chi connectivity index (χ1n) is 7.01. The molecule has 0 unspecified atom stereocenters. The van der Waals surface area contributed by atoms with Crippen molar-refractivity contribution in [1.29, 1.82) is 0 Å². The number of nitrogens with zero attached hydrogens (tertiary/aromatic N) is 3. The van der Waals surface area contributed by atoms with E-state index in [4.69, 9.17) is 4.52 Å². The lowest BCUT2D eigenvalue weighted by Gasteiger charge is -2.21. The smallest absolute Gasteiger partial charge is 0.241 e. The maximum Gasteiger partial charge on any atom is 0.241 e. The third kappa shape index (κ3) is 2.66. The molecule has 0 radical (unpaired) electrons. The van der Waals surface area contributed by atoms with Crippen LogP contribution in [0.4, 0.5) is 0 Å². The number of hydrogen-bond acceptors (Lipinski definition) is 6. The predicted molar refractivity (Wildman–Crippen MR) is 84.3 cm³/mol. The van der Waals surface area contributed by atoms with Crippen molar-refractivity contribution in [2.24, 2.45) is 0 Å². The van der Waals surface area contributed by atoms with Gasteiger partial charge in [0.15, 0.2) is 0 Å². The molecule has 0 aromatic carbocycles. The summed E-state index contributed by atoms with van der Waals surface area (Å²) >= 11 is 3.40. The van der Waals surface area contributed by atoms with Gasteiger partial charge < -0.3 is 4.52 Å². The van der Waals surface area contributed by atoms with Crippen LogP contribution in [-0.4, -0.2) is 21.6 Å². The second-order valence-electron chi connectivity index (χ2n) is 5.21. The number of thiophene rings is 2. The molecule has 108 valence electrons. The normalized spacial score (nSPS) is 19.3. The van der Waals surface area contributed by atoms with Gasteiger partial charge in [-0.3, -0.25) is 4.90 Å². The van der Waals surface area contributed by atoms with E-state index < -0.39 is 0 Å². The molecule has 3 aromatic rings. The van der Waals surface area contributed by atoms with Gasteiger partial charge in [-0.1, -0.05) is 5.16 Å². The lowest BCUT2D eigenvalue weighted by molar-refractivity contribution is 0.213. The highest BCUT2D eigenvalue weighted by atomic mass is 32.1. The Morgan fingerprint density at radius 3 is 2.95 bits per heavy atom. The standard InChI is InChI=1S/C15H15N3OS2/c1-2-13(11-3-6-20-9-11)18(5-1)8-14-16-15(17-19-14)12-4-7-21-10-12/h3-4,6-7,9-10,13H,1-2,5,8H2/t13-/m0/s1. The topological polar surface area (TPSA) is 42.2 Å². The van der Waals surface area contributed by atoms with Crippen LogP contribution >= 0.6 is 22.7 Å². The molecule has 4 nitrogen and oxygen atoms in total. The van der Waals surface area contributed by atoms with Crippen molar-refractivity contribution in [3.63, 3.8) is 0 Å². The molecular formula is C15H15N3OS2. The van der Waals surface area contributed by atoms with Crippen molar-refractivity contribution in [3.05, 3.63) is 45.1 Å². The Morgan fingerprint density at radius 2 is 2.14 bits per heavy atom. The fourth-order valence-corrected chi connectivity index (χ4v) is 4.20. The molecule has 1 aliphatic heterocycles. The van der Waals surface area contributed by atoms with Crippen molar-refractivity contribution >= 4 is 22.7 Å². The summed E-state index contributed by atoms with van der Waals surface area (Å²) in [6, 6.07) is 4.73. The van der Waals surface area contributed by atoms with E-state index in [0.29, 0.717) is 17.8 Å². The average molecular weight is 317 g/mol. The molecule has 0 N–H and O–H groups in total. The highest BCUT2D eigenvalue weighted by molar-refractivity contribution is 7.08. The summed E-state index contributed by atoms with van der Waals surface area (Å²) < 4.78 is 5.42. The van der Waals surface area contributed by atoms with E-state index in [9.17, 15) is 0 Å². The van der Waals surface area contributed by atoms with Gasteiger partial charge in [0, 0.05) is 17.0 Å². The summed E-state index contributed by atoms with van der Waals surface area (Å²) in [5.41, 5.74) is 2.45. The van der Waals surface area contributed by atoms with Crippen molar-refractivity contribution < 1.29 is 4.52 Å². The molecule has 0 aliphatic carbocycles. The third-order valence-corrected chi connectivity index (χ3v) is 5.26. The largest absolute Gasteiger partial charge is 0.338 e. The molecular weight excluding hydrogens is 302 g/mol. The molecule has 1 aliphatic rings. The van der Waals surface area contributed by atoms with Crippen molar-refractivity contribution in [2.75, 3.05) is 6.54 Å². The predicted octanol–water partition coefficient (Wildman–Crippen LogP) is 4.20. The lowest BCUT2D eigenvalue weighted by Crippen LogP contribution is -2.22. The minimum absolute atomic E-state index is 0.493. The van der Waals surface area contributed by atoms with Gasteiger partial charge in [0.2, 0.25) is 11.7 Å². The zero-order valence-electron chi connectivity index (χ0n) is 11.4. The van der Waals surface area contributed by atoms with Gasteiger partial charge in [-0.25, -0.2) is 0 Å². The molecule has 0 saturated carbocycles. The van der Waals surface area contributed by atoms with Crippen LogP contribution in [0, 0.1) is 0 Å². The first-order valence-corrected chi connectivity index (χ1v) is 8.90. The van der Waals surface area contributed by atoms with Gasteiger partial charge in [0.05, 0.1) is 6.54 Å². The molecule has 4 heterocycles. The summed E-state index contributed by atoms with van der Waals surface area (Å²) in [6.45, 7) is 1.83. The van der Waals surface area contributed by atoms with E-state index in [-0.39, 0.29) is 0 Å². The molecule has 4 rings (SSSR count). The van der Waals surface area contributed by atoms with Crippen LogP contribution in [0.3, 0.4) is 0 Å². The molecule has 6 heteroatoms. The zero-order valence-corrected chi connectivity index (χ0v) is 13.1. The Labute approximate surface area is 131 Å². The molecule has 1 fully saturated rings. The van der Waals surface area contributed by atoms with Crippen LogP contribution in [0.1, 0.15) is 30.3 Å². The van der Waals surface area contributed by atoms with E-state index in [2.05, 4.69) is 31.9 Å². The van der Waals surface area contributed by atoms with Crippen molar-refractivity contribution in [1.82, 2.24) is 15.0 Å². The Balaban J connectivity index is 1.51. The van der Waals surface area contributed by atoms with Gasteiger partial charge in [-0.15, -0.1) is 0 Å². The summed E-state index contributed by atoms with van der Waals surface area (Å²) in [5.74, 6) is 1.40. The molecule has 21 heavy (non-hydrogen) atoms. The zero-order chi connectivity index (χ0) is 14.1. The maximum absolute atomic E-state index is 5.42. The summed E-state index contributed by atoms with van der Waals surface area (Å²) in [4.78, 5) is 6.96. The van der Waals surface area contributed by atoms with Gasteiger partial charge in [0.25, 0.3) is 0 Å². The number of aromatic nitrogens is 2. The Morgan fingerprint density at radius 1 is 1.24 bits per heavy atom. The Hall–Kier alpha value is -1.50. The number of rotatable bonds is 4. The first kappa shape index (κ1) is 13.2. The highest BCUT2D eigenvalue weighted by Crippen LogP contribution is 2.34. The van der Waals surface area contributed by atoms with Gasteiger partial charge in [-0.05, 0) is 53.2 Å². The number of hydrogen-bond donors (Lipinski definition) is 0. The van der Waals surface area contributed by atoms with Crippen LogP contribution in [0.15, 0.2) is 38.2 Å². The second kappa shape index (κ2) is 5.71. The average Bonchev–Trinajstić information content (AvgIpc) is 3.28.